The molecule has 10 heteroatoms. The Bertz CT molecular complexity index is 832. The maximum atomic E-state index is 14.5. The third-order valence-electron chi connectivity index (χ3n) is 5.33. The van der Waals surface area contributed by atoms with Crippen molar-refractivity contribution in [1.29, 1.82) is 0 Å². The minimum absolute atomic E-state index is 0.0722. The fourth-order valence-corrected chi connectivity index (χ4v) is 3.58. The number of unbranched alkanes of at least 4 members (excludes halogenated alkanes) is 3. The molecule has 1 aromatic carbocycles. The zero-order valence-corrected chi connectivity index (χ0v) is 17.3. The number of hydrogen-bond acceptors (Lipinski definition) is 6. The van der Waals surface area contributed by atoms with E-state index in [0.29, 0.717) is 18.9 Å². The van der Waals surface area contributed by atoms with E-state index in [1.165, 1.54) is 30.3 Å². The van der Waals surface area contributed by atoms with Crippen LogP contribution in [0.1, 0.15) is 37.1 Å². The topological polar surface area (TPSA) is 107 Å². The minimum Gasteiger partial charge on any atom is -0.382 e. The molecule has 8 nitrogen and oxygen atoms in total. The average Bonchev–Trinajstić information content (AvgIpc) is 3.29. The van der Waals surface area contributed by atoms with Gasteiger partial charge in [0.2, 0.25) is 5.91 Å². The van der Waals surface area contributed by atoms with Crippen molar-refractivity contribution in [3.8, 4) is 0 Å². The molecule has 1 saturated heterocycles. The minimum atomic E-state index is -3.41. The number of nitrogens with one attached hydrogen (secondary N) is 2. The lowest BCUT2D eigenvalue weighted by atomic mass is 10.0. The molecule has 1 amide bonds. The number of carbonyl (C=O) groups excluding carboxylic acids is 1. The number of aromatic amines is 1. The molecule has 1 aromatic heterocycles. The molecule has 31 heavy (non-hydrogen) atoms. The van der Waals surface area contributed by atoms with Gasteiger partial charge in [0.15, 0.2) is 5.82 Å². The van der Waals surface area contributed by atoms with Crippen LogP contribution in [0, 0.1) is 0 Å². The number of tetrazole rings is 1. The summed E-state index contributed by atoms with van der Waals surface area (Å²) in [6.45, 7) is 1.23. The van der Waals surface area contributed by atoms with Crippen LogP contribution in [-0.4, -0.2) is 68.3 Å². The molecule has 0 saturated carbocycles. The Kier molecular flexibility index (Phi) is 8.19. The Labute approximate surface area is 179 Å². The molecule has 2 aromatic rings. The first-order valence-electron chi connectivity index (χ1n) is 10.5. The van der Waals surface area contributed by atoms with E-state index >= 15 is 0 Å². The predicted molar refractivity (Wildman–Crippen MR) is 110 cm³/mol. The normalized spacial score (nSPS) is 18.6. The second-order valence-electron chi connectivity index (χ2n) is 7.60. The first-order valence-corrected chi connectivity index (χ1v) is 10.5. The lowest BCUT2D eigenvalue weighted by Gasteiger charge is -2.35. The third kappa shape index (κ3) is 6.38. The van der Waals surface area contributed by atoms with E-state index in [4.69, 9.17) is 0 Å². The number of aromatic nitrogens is 4. The maximum Gasteiger partial charge on any atom is 0.302 e. The number of rotatable bonds is 11. The van der Waals surface area contributed by atoms with Crippen molar-refractivity contribution in [3.63, 3.8) is 0 Å². The van der Waals surface area contributed by atoms with E-state index in [-0.39, 0.29) is 24.1 Å². The number of nitrogens with zero attached hydrogens (tertiary/aromatic N) is 4. The van der Waals surface area contributed by atoms with Crippen molar-refractivity contribution in [1.82, 2.24) is 30.8 Å². The first kappa shape index (κ1) is 23.0. The molecule has 1 aliphatic rings. The zero-order chi connectivity index (χ0) is 22.1. The number of aliphatic hydroxyl groups is 1. The number of piperazine rings is 1. The zero-order valence-electron chi connectivity index (χ0n) is 17.3. The number of amides is 1. The summed E-state index contributed by atoms with van der Waals surface area (Å²) in [7, 11) is 0. The number of aryl methyl sites for hydroxylation is 1. The quantitative estimate of drug-likeness (QED) is 0.368. The number of benzene rings is 1. The van der Waals surface area contributed by atoms with Crippen LogP contribution in [0.4, 0.5) is 8.78 Å². The van der Waals surface area contributed by atoms with Crippen molar-refractivity contribution in [3.05, 3.63) is 53.9 Å². The second kappa shape index (κ2) is 11.1. The van der Waals surface area contributed by atoms with Gasteiger partial charge in [0.1, 0.15) is 6.10 Å². The van der Waals surface area contributed by atoms with Gasteiger partial charge in [-0.25, -0.2) is 0 Å². The number of aliphatic hydroxyl groups excluding tert-OH is 1. The van der Waals surface area contributed by atoms with Crippen molar-refractivity contribution in [2.75, 3.05) is 19.6 Å². The van der Waals surface area contributed by atoms with Crippen LogP contribution in [0.5, 0.6) is 0 Å². The smallest absolute Gasteiger partial charge is 0.302 e. The van der Waals surface area contributed by atoms with Gasteiger partial charge in [-0.2, -0.15) is 14.0 Å². The van der Waals surface area contributed by atoms with Gasteiger partial charge in [-0.1, -0.05) is 60.5 Å². The summed E-state index contributed by atoms with van der Waals surface area (Å²) in [6, 6.07) is 6.86. The van der Waals surface area contributed by atoms with Gasteiger partial charge in [-0.3, -0.25) is 4.79 Å². The van der Waals surface area contributed by atoms with E-state index in [1.807, 2.05) is 0 Å². The van der Waals surface area contributed by atoms with Crippen LogP contribution in [0.3, 0.4) is 0 Å². The molecule has 0 radical (unpaired) electrons. The number of carbonyl (C=O) groups is 1. The molecule has 1 fully saturated rings. The molecule has 0 aliphatic carbocycles. The molecule has 3 rings (SSSR count). The van der Waals surface area contributed by atoms with E-state index in [9.17, 15) is 18.7 Å². The van der Waals surface area contributed by atoms with Gasteiger partial charge in [-0.05, 0) is 12.8 Å². The second-order valence-corrected chi connectivity index (χ2v) is 7.60. The van der Waals surface area contributed by atoms with E-state index in [2.05, 4.69) is 25.9 Å². The van der Waals surface area contributed by atoms with Crippen LogP contribution in [-0.2, 0) is 17.1 Å². The highest BCUT2D eigenvalue weighted by Crippen LogP contribution is 2.32. The Balaban J connectivity index is 1.49. The molecule has 0 unspecified atom stereocenters. The van der Waals surface area contributed by atoms with Gasteiger partial charge in [0.05, 0.1) is 12.6 Å². The Morgan fingerprint density at radius 3 is 2.74 bits per heavy atom. The largest absolute Gasteiger partial charge is 0.382 e. The first-order chi connectivity index (χ1) is 15.0. The molecule has 2 heterocycles. The van der Waals surface area contributed by atoms with Crippen molar-refractivity contribution in [2.45, 2.75) is 50.2 Å². The summed E-state index contributed by atoms with van der Waals surface area (Å²) in [4.78, 5) is 14.0. The van der Waals surface area contributed by atoms with Crippen molar-refractivity contribution in [2.24, 2.45) is 0 Å². The Morgan fingerprint density at radius 1 is 1.23 bits per heavy atom. The van der Waals surface area contributed by atoms with E-state index in [1.54, 1.807) is 11.0 Å². The number of alkyl halides is 2. The van der Waals surface area contributed by atoms with Crippen LogP contribution in [0.15, 0.2) is 42.5 Å². The molecule has 1 aliphatic heterocycles. The molecule has 0 spiro atoms. The maximum absolute atomic E-state index is 14.5. The van der Waals surface area contributed by atoms with Gasteiger partial charge >= 0.3 is 5.92 Å². The molecule has 2 atom stereocenters. The molecule has 3 N–H and O–H groups in total. The summed E-state index contributed by atoms with van der Waals surface area (Å²) >= 11 is 0. The van der Waals surface area contributed by atoms with Gasteiger partial charge in [0, 0.05) is 25.1 Å². The molecular weight excluding hydrogens is 406 g/mol. The van der Waals surface area contributed by atoms with Crippen molar-refractivity contribution < 1.29 is 18.7 Å². The predicted octanol–water partition coefficient (Wildman–Crippen LogP) is 1.81. The highest BCUT2D eigenvalue weighted by atomic mass is 19.3. The highest BCUT2D eigenvalue weighted by Gasteiger charge is 2.39. The Hall–Kier alpha value is -2.72. The fraction of sp³-hybridized carbons (Fsp3) is 0.524. The van der Waals surface area contributed by atoms with Gasteiger partial charge in [-0.15, -0.1) is 10.2 Å². The Morgan fingerprint density at radius 2 is 2.00 bits per heavy atom. The standard InChI is InChI=1S/C21H28F2N6O2/c22-21(23,16-8-4-3-5-9-16)18(30)12-11-17-14-24-15-20(31)29(17)13-7-2-1-6-10-19-25-27-28-26-19/h3-5,8-9,11-12,17-18,24,30H,1-2,6-7,10,13-15H2,(H,25,26,27,28)/t17-,18+/m0/s1. The summed E-state index contributed by atoms with van der Waals surface area (Å²) in [5, 5.41) is 26.8. The van der Waals surface area contributed by atoms with Crippen molar-refractivity contribution >= 4 is 5.91 Å². The summed E-state index contributed by atoms with van der Waals surface area (Å²) in [6.07, 6.45) is 5.01. The molecular formula is C21H28F2N6O2. The summed E-state index contributed by atoms with van der Waals surface area (Å²) in [5.41, 5.74) is -0.248. The van der Waals surface area contributed by atoms with Crippen LogP contribution >= 0.6 is 0 Å². The summed E-state index contributed by atoms with van der Waals surface area (Å²) < 4.78 is 29.0. The van der Waals surface area contributed by atoms with Crippen LogP contribution < -0.4 is 5.32 Å². The number of H-pyrrole nitrogens is 1. The molecule has 168 valence electrons. The van der Waals surface area contributed by atoms with Crippen LogP contribution in [0.2, 0.25) is 0 Å². The van der Waals surface area contributed by atoms with Crippen LogP contribution in [0.25, 0.3) is 0 Å². The van der Waals surface area contributed by atoms with E-state index in [0.717, 1.165) is 38.2 Å². The highest BCUT2D eigenvalue weighted by molar-refractivity contribution is 5.79. The fourth-order valence-electron chi connectivity index (χ4n) is 3.58. The molecule has 0 bridgehead atoms. The number of halogens is 2. The lowest BCUT2D eigenvalue weighted by molar-refractivity contribution is -0.133. The number of hydrogen-bond donors (Lipinski definition) is 3. The van der Waals surface area contributed by atoms with E-state index < -0.39 is 12.0 Å². The van der Waals surface area contributed by atoms with Gasteiger partial charge < -0.3 is 15.3 Å². The monoisotopic (exact) mass is 434 g/mol. The third-order valence-corrected chi connectivity index (χ3v) is 5.33. The lowest BCUT2D eigenvalue weighted by Crippen LogP contribution is -2.54. The average molecular weight is 434 g/mol. The SMILES string of the molecule is O=C1CNC[C@H](C=C[C@@H](O)C(F)(F)c2ccccc2)N1CCCCCCc1nn[nH]n1. The summed E-state index contributed by atoms with van der Waals surface area (Å²) in [5.74, 6) is -2.79. The van der Waals surface area contributed by atoms with Gasteiger partial charge in [0.25, 0.3) is 0 Å².